The number of hydrogen-bond acceptors (Lipinski definition) is 5. The molecule has 1 N–H and O–H groups in total. The van der Waals surface area contributed by atoms with E-state index in [2.05, 4.69) is 15.5 Å². The fourth-order valence-electron chi connectivity index (χ4n) is 1.78. The van der Waals surface area contributed by atoms with E-state index in [1.807, 2.05) is 35.2 Å². The lowest BCUT2D eigenvalue weighted by atomic mass is 10.3. The Morgan fingerprint density at radius 3 is 3.10 bits per heavy atom. The minimum Gasteiger partial charge on any atom is -0.297 e. The molecule has 0 saturated heterocycles. The molecule has 21 heavy (non-hydrogen) atoms. The van der Waals surface area contributed by atoms with Gasteiger partial charge in [-0.25, -0.2) is 10.4 Å². The largest absolute Gasteiger partial charge is 0.297 e. The topological polar surface area (TPSA) is 58.8 Å². The summed E-state index contributed by atoms with van der Waals surface area (Å²) in [6.45, 7) is 1.83. The third-order valence-corrected chi connectivity index (χ3v) is 4.87. The van der Waals surface area contributed by atoms with E-state index in [9.17, 15) is 4.79 Å². The Balaban J connectivity index is 1.62. The van der Waals surface area contributed by atoms with Crippen molar-refractivity contribution >= 4 is 50.9 Å². The van der Waals surface area contributed by atoms with Crippen LogP contribution in [0.5, 0.6) is 0 Å². The molecule has 3 rings (SSSR count). The summed E-state index contributed by atoms with van der Waals surface area (Å²) in [6.07, 6.45) is 3.97. The van der Waals surface area contributed by atoms with Crippen molar-refractivity contribution in [2.24, 2.45) is 5.10 Å². The van der Waals surface area contributed by atoms with Gasteiger partial charge in [-0.15, -0.1) is 22.7 Å². The van der Waals surface area contributed by atoms with E-state index >= 15 is 0 Å². The van der Waals surface area contributed by atoms with Crippen LogP contribution in [0.3, 0.4) is 0 Å². The Morgan fingerprint density at radius 2 is 2.38 bits per heavy atom. The van der Waals surface area contributed by atoms with Crippen LogP contribution in [-0.2, 0) is 11.2 Å². The molecule has 0 radical (unpaired) electrons. The lowest BCUT2D eigenvalue weighted by Gasteiger charge is -1.99. The molecule has 0 atom stereocenters. The van der Waals surface area contributed by atoms with Crippen LogP contribution in [0, 0.1) is 0 Å². The first-order valence-corrected chi connectivity index (χ1v) is 8.19. The molecule has 3 aromatic heterocycles. The molecule has 0 aliphatic rings. The van der Waals surface area contributed by atoms with Crippen LogP contribution in [0.4, 0.5) is 0 Å². The van der Waals surface area contributed by atoms with E-state index in [0.717, 1.165) is 21.2 Å². The third kappa shape index (κ3) is 3.31. The van der Waals surface area contributed by atoms with Gasteiger partial charge in [-0.05, 0) is 19.1 Å². The van der Waals surface area contributed by atoms with Gasteiger partial charge < -0.3 is 0 Å². The number of thiophene rings is 1. The summed E-state index contributed by atoms with van der Waals surface area (Å²) in [5.74, 6) is -0.192. The summed E-state index contributed by atoms with van der Waals surface area (Å²) < 4.78 is 2.60. The van der Waals surface area contributed by atoms with Gasteiger partial charge in [0.25, 0.3) is 0 Å². The van der Waals surface area contributed by atoms with Gasteiger partial charge in [0.1, 0.15) is 0 Å². The highest BCUT2D eigenvalue weighted by molar-refractivity contribution is 7.18. The van der Waals surface area contributed by atoms with Gasteiger partial charge in [0.05, 0.1) is 27.0 Å². The molecular formula is C13H11ClN4OS2. The summed E-state index contributed by atoms with van der Waals surface area (Å²) in [5, 5.41) is 6.03. The van der Waals surface area contributed by atoms with Crippen molar-refractivity contribution in [1.82, 2.24) is 14.8 Å². The van der Waals surface area contributed by atoms with E-state index in [4.69, 9.17) is 11.6 Å². The number of rotatable bonds is 4. The SMILES string of the molecule is C/C(=N\NC(=O)Cc1cn2ccsc2n1)c1ccc(Cl)s1. The number of fused-ring (bicyclic) bond motifs is 1. The zero-order valence-electron chi connectivity index (χ0n) is 11.0. The fourth-order valence-corrected chi connectivity index (χ4v) is 3.48. The Kier molecular flexibility index (Phi) is 4.05. The first-order valence-electron chi connectivity index (χ1n) is 6.12. The first-order chi connectivity index (χ1) is 10.1. The molecule has 0 aliphatic heterocycles. The number of amides is 1. The molecular weight excluding hydrogens is 328 g/mol. The zero-order valence-corrected chi connectivity index (χ0v) is 13.4. The summed E-state index contributed by atoms with van der Waals surface area (Å²) in [4.78, 5) is 18.0. The van der Waals surface area contributed by atoms with Gasteiger partial charge in [-0.1, -0.05) is 11.6 Å². The molecule has 0 bridgehead atoms. The minimum absolute atomic E-state index is 0.192. The number of carbonyl (C=O) groups excluding carboxylic acids is 1. The predicted molar refractivity (Wildman–Crippen MR) is 86.5 cm³/mol. The second-order valence-corrected chi connectivity index (χ2v) is 6.93. The smallest absolute Gasteiger partial charge is 0.246 e. The maximum Gasteiger partial charge on any atom is 0.246 e. The number of nitrogens with one attached hydrogen (secondary N) is 1. The Bertz CT molecular complexity index is 788. The highest BCUT2D eigenvalue weighted by atomic mass is 35.5. The van der Waals surface area contributed by atoms with E-state index in [0.29, 0.717) is 4.34 Å². The predicted octanol–water partition coefficient (Wildman–Crippen LogP) is 3.19. The quantitative estimate of drug-likeness (QED) is 0.586. The van der Waals surface area contributed by atoms with Crippen LogP contribution in [-0.4, -0.2) is 21.0 Å². The Morgan fingerprint density at radius 1 is 1.52 bits per heavy atom. The second-order valence-electron chi connectivity index (χ2n) is 4.34. The molecule has 3 heterocycles. The van der Waals surface area contributed by atoms with Crippen molar-refractivity contribution in [3.8, 4) is 0 Å². The van der Waals surface area contributed by atoms with Gasteiger partial charge in [0.15, 0.2) is 4.96 Å². The molecule has 0 aromatic carbocycles. The third-order valence-electron chi connectivity index (χ3n) is 2.76. The summed E-state index contributed by atoms with van der Waals surface area (Å²) >= 11 is 8.83. The molecule has 0 fully saturated rings. The maximum absolute atomic E-state index is 11.9. The highest BCUT2D eigenvalue weighted by Crippen LogP contribution is 2.21. The van der Waals surface area contributed by atoms with Crippen LogP contribution in [0.15, 0.2) is 35.0 Å². The number of carbonyl (C=O) groups is 1. The summed E-state index contributed by atoms with van der Waals surface area (Å²) in [6, 6.07) is 3.68. The van der Waals surface area contributed by atoms with E-state index in [1.165, 1.54) is 22.7 Å². The zero-order chi connectivity index (χ0) is 14.8. The van der Waals surface area contributed by atoms with Gasteiger partial charge in [0, 0.05) is 17.8 Å². The van der Waals surface area contributed by atoms with Gasteiger partial charge in [-0.2, -0.15) is 5.10 Å². The Hall–Kier alpha value is -1.70. The van der Waals surface area contributed by atoms with Crippen molar-refractivity contribution in [3.63, 3.8) is 0 Å². The lowest BCUT2D eigenvalue weighted by molar-refractivity contribution is -0.120. The van der Waals surface area contributed by atoms with Crippen LogP contribution >= 0.6 is 34.3 Å². The normalized spacial score (nSPS) is 12.0. The van der Waals surface area contributed by atoms with Crippen molar-refractivity contribution < 1.29 is 4.79 Å². The van der Waals surface area contributed by atoms with Crippen molar-refractivity contribution in [2.75, 3.05) is 0 Å². The molecule has 108 valence electrons. The van der Waals surface area contributed by atoms with Crippen LogP contribution in [0.25, 0.3) is 4.96 Å². The summed E-state index contributed by atoms with van der Waals surface area (Å²) in [5.41, 5.74) is 4.00. The van der Waals surface area contributed by atoms with Crippen LogP contribution < -0.4 is 5.43 Å². The molecule has 0 saturated carbocycles. The van der Waals surface area contributed by atoms with E-state index < -0.39 is 0 Å². The minimum atomic E-state index is -0.192. The number of thiazole rings is 1. The fraction of sp³-hybridized carbons (Fsp3) is 0.154. The lowest BCUT2D eigenvalue weighted by Crippen LogP contribution is -2.21. The standard InChI is InChI=1S/C13H11ClN4OS2/c1-8(10-2-3-11(14)21-10)16-17-12(19)6-9-7-18-4-5-20-13(18)15-9/h2-5,7H,6H2,1H3,(H,17,19)/b16-8+. The summed E-state index contributed by atoms with van der Waals surface area (Å²) in [7, 11) is 0. The number of imidazole rings is 1. The van der Waals surface area contributed by atoms with Crippen LogP contribution in [0.1, 0.15) is 17.5 Å². The van der Waals surface area contributed by atoms with E-state index in [1.54, 1.807) is 6.07 Å². The van der Waals surface area contributed by atoms with Gasteiger partial charge in [0.2, 0.25) is 5.91 Å². The Labute approximate surface area is 133 Å². The number of nitrogens with zero attached hydrogens (tertiary/aromatic N) is 3. The van der Waals surface area contributed by atoms with Crippen molar-refractivity contribution in [2.45, 2.75) is 13.3 Å². The number of hydrogen-bond donors (Lipinski definition) is 1. The number of aromatic nitrogens is 2. The second kappa shape index (κ2) is 5.97. The molecule has 1 amide bonds. The van der Waals surface area contributed by atoms with Crippen molar-refractivity contribution in [3.05, 3.63) is 44.8 Å². The van der Waals surface area contributed by atoms with Gasteiger partial charge >= 0.3 is 0 Å². The molecule has 5 nitrogen and oxygen atoms in total. The monoisotopic (exact) mass is 338 g/mol. The van der Waals surface area contributed by atoms with Crippen LogP contribution in [0.2, 0.25) is 4.34 Å². The average molecular weight is 339 g/mol. The number of hydrazone groups is 1. The molecule has 8 heteroatoms. The average Bonchev–Trinajstić information content (AvgIpc) is 3.11. The first kappa shape index (κ1) is 14.2. The number of halogens is 1. The maximum atomic E-state index is 11.9. The van der Waals surface area contributed by atoms with Gasteiger partial charge in [-0.3, -0.25) is 9.20 Å². The molecule has 0 unspecified atom stereocenters. The van der Waals surface area contributed by atoms with E-state index in [-0.39, 0.29) is 12.3 Å². The molecule has 0 spiro atoms. The highest BCUT2D eigenvalue weighted by Gasteiger charge is 2.08. The van der Waals surface area contributed by atoms with Crippen molar-refractivity contribution in [1.29, 1.82) is 0 Å². The molecule has 3 aromatic rings. The molecule has 0 aliphatic carbocycles.